The summed E-state index contributed by atoms with van der Waals surface area (Å²) in [6.07, 6.45) is 0.726. The average molecular weight is 457 g/mol. The number of aromatic amines is 1. The van der Waals surface area contributed by atoms with E-state index in [0.29, 0.717) is 4.74 Å². The Balaban J connectivity index is 0.000000257. The van der Waals surface area contributed by atoms with Gasteiger partial charge >= 0.3 is 17.4 Å². The van der Waals surface area contributed by atoms with Gasteiger partial charge in [0.25, 0.3) is 0 Å². The lowest BCUT2D eigenvalue weighted by Crippen LogP contribution is -2.47. The number of nitrogens with two attached hydrogens (primary N) is 2. The van der Waals surface area contributed by atoms with Crippen molar-refractivity contribution in [2.75, 3.05) is 6.54 Å². The van der Waals surface area contributed by atoms with Crippen LogP contribution < -0.4 is 28.2 Å². The van der Waals surface area contributed by atoms with Crippen molar-refractivity contribution >= 4 is 11.9 Å². The van der Waals surface area contributed by atoms with E-state index in [1.54, 1.807) is 4.98 Å². The van der Waals surface area contributed by atoms with Gasteiger partial charge in [-0.2, -0.15) is 0 Å². The van der Waals surface area contributed by atoms with Crippen molar-refractivity contribution in [1.29, 1.82) is 0 Å². The highest BCUT2D eigenvalue weighted by Crippen LogP contribution is 2.25. The van der Waals surface area contributed by atoms with Crippen molar-refractivity contribution in [3.63, 3.8) is 0 Å². The Bertz CT molecular complexity index is 1160. The number of aromatic nitrogens is 2. The van der Waals surface area contributed by atoms with E-state index in [1.807, 2.05) is 55.5 Å². The number of hydrogen-bond donors (Lipinski definition) is 5. The van der Waals surface area contributed by atoms with E-state index in [1.165, 1.54) is 5.56 Å². The number of rotatable bonds is 8. The molecule has 0 aliphatic rings. The van der Waals surface area contributed by atoms with E-state index in [2.05, 4.69) is 22.0 Å². The van der Waals surface area contributed by atoms with Crippen LogP contribution in [0.4, 0.5) is 0 Å². The van der Waals surface area contributed by atoms with Gasteiger partial charge in [0.05, 0.1) is 18.6 Å². The van der Waals surface area contributed by atoms with Gasteiger partial charge in [-0.05, 0) is 24.5 Å². The first-order valence-electron chi connectivity index (χ1n) is 10.0. The smallest absolute Gasteiger partial charge is 0.440 e. The minimum absolute atomic E-state index is 0.00276. The third kappa shape index (κ3) is 7.59. The molecule has 1 unspecified atom stereocenters. The fourth-order valence-corrected chi connectivity index (χ4v) is 3.08. The van der Waals surface area contributed by atoms with Crippen molar-refractivity contribution in [2.24, 2.45) is 11.5 Å². The van der Waals surface area contributed by atoms with Crippen LogP contribution in [0.5, 0.6) is 0 Å². The summed E-state index contributed by atoms with van der Waals surface area (Å²) in [4.78, 5) is 45.0. The summed E-state index contributed by atoms with van der Waals surface area (Å²) in [7, 11) is 0. The third-order valence-electron chi connectivity index (χ3n) is 4.72. The summed E-state index contributed by atoms with van der Waals surface area (Å²) in [6, 6.07) is 18.8. The van der Waals surface area contributed by atoms with E-state index in [4.69, 9.17) is 16.6 Å². The van der Waals surface area contributed by atoms with Crippen LogP contribution in [0.25, 0.3) is 0 Å². The molecule has 0 saturated heterocycles. The molecular formula is C22H27N5O6. The standard InChI is InChI=1S/C17H20N2O.C5H7N3O5/c1-17(19-16(20)13-18,15-10-6-3-7-11-15)12-14-8-4-2-5-9-14;6-2(3(9)10)1-8-4(11)7-5(12)13-8/h2-11H,12-13,18H2,1H3,(H,19,20);2H,1,6H2,(H,9,10)(H,7,11,12)/t;2-/m.0/s1. The van der Waals surface area contributed by atoms with Crippen molar-refractivity contribution in [3.8, 4) is 0 Å². The van der Waals surface area contributed by atoms with E-state index in [0.717, 1.165) is 12.0 Å². The molecule has 1 heterocycles. The zero-order valence-corrected chi connectivity index (χ0v) is 18.1. The predicted octanol–water partition coefficient (Wildman–Crippen LogP) is -0.239. The van der Waals surface area contributed by atoms with Crippen LogP contribution in [-0.4, -0.2) is 39.3 Å². The van der Waals surface area contributed by atoms with Crippen LogP contribution in [0.2, 0.25) is 0 Å². The number of amides is 1. The van der Waals surface area contributed by atoms with Gasteiger partial charge in [-0.1, -0.05) is 60.7 Å². The monoisotopic (exact) mass is 457 g/mol. The number of aliphatic carboxylic acids is 1. The highest BCUT2D eigenvalue weighted by Gasteiger charge is 2.28. The minimum Gasteiger partial charge on any atom is -0.480 e. The van der Waals surface area contributed by atoms with Crippen LogP contribution >= 0.6 is 0 Å². The molecule has 11 nitrogen and oxygen atoms in total. The summed E-state index contributed by atoms with van der Waals surface area (Å²) in [5.41, 5.74) is 11.5. The number of carboxylic acid groups (broad SMARTS) is 1. The Morgan fingerprint density at radius 3 is 2.18 bits per heavy atom. The number of carbonyl (C=O) groups is 2. The van der Waals surface area contributed by atoms with E-state index in [-0.39, 0.29) is 19.0 Å². The highest BCUT2D eigenvalue weighted by atomic mass is 16.5. The summed E-state index contributed by atoms with van der Waals surface area (Å²) in [5, 5.41) is 11.4. The van der Waals surface area contributed by atoms with E-state index < -0.39 is 29.0 Å². The maximum absolute atomic E-state index is 11.8. The van der Waals surface area contributed by atoms with Crippen molar-refractivity contribution in [3.05, 3.63) is 92.8 Å². The molecule has 0 radical (unpaired) electrons. The Morgan fingerprint density at radius 1 is 1.12 bits per heavy atom. The van der Waals surface area contributed by atoms with Gasteiger partial charge in [0, 0.05) is 0 Å². The first kappa shape index (κ1) is 25.3. The maximum atomic E-state index is 11.8. The van der Waals surface area contributed by atoms with Crippen molar-refractivity contribution in [1.82, 2.24) is 15.0 Å². The van der Waals surface area contributed by atoms with Gasteiger partial charge in [-0.25, -0.2) is 14.6 Å². The number of H-pyrrole nitrogens is 1. The van der Waals surface area contributed by atoms with Gasteiger partial charge in [-0.3, -0.25) is 9.59 Å². The number of benzene rings is 2. The summed E-state index contributed by atoms with van der Waals surface area (Å²) < 4.78 is 4.84. The first-order valence-corrected chi connectivity index (χ1v) is 10.0. The Hall–Kier alpha value is -3.96. The molecule has 3 aromatic rings. The molecule has 0 saturated carbocycles. The van der Waals surface area contributed by atoms with Crippen LogP contribution in [0.3, 0.4) is 0 Å². The largest absolute Gasteiger partial charge is 0.480 e. The predicted molar refractivity (Wildman–Crippen MR) is 120 cm³/mol. The molecule has 1 amide bonds. The molecule has 0 fully saturated rings. The second-order valence-corrected chi connectivity index (χ2v) is 7.43. The van der Waals surface area contributed by atoms with Crippen molar-refractivity contribution in [2.45, 2.75) is 31.5 Å². The van der Waals surface area contributed by atoms with Gasteiger partial charge in [-0.15, -0.1) is 4.74 Å². The SMILES string of the molecule is CC(Cc1ccccc1)(NC(=O)CN)c1ccccc1.N[C@@H](Cn1oc(=O)[nH]c1=O)C(=O)O. The first-order chi connectivity index (χ1) is 15.6. The summed E-state index contributed by atoms with van der Waals surface area (Å²) >= 11 is 0. The van der Waals surface area contributed by atoms with Crippen LogP contribution in [-0.2, 0) is 28.1 Å². The fourth-order valence-electron chi connectivity index (χ4n) is 3.08. The number of carboxylic acids is 1. The summed E-state index contributed by atoms with van der Waals surface area (Å²) in [5.74, 6) is -2.37. The number of nitrogens with one attached hydrogen (secondary N) is 2. The second-order valence-electron chi connectivity index (χ2n) is 7.43. The lowest BCUT2D eigenvalue weighted by atomic mass is 9.85. The lowest BCUT2D eigenvalue weighted by Gasteiger charge is -2.31. The number of hydrogen-bond acceptors (Lipinski definition) is 7. The zero-order chi connectivity index (χ0) is 24.4. The molecular weight excluding hydrogens is 430 g/mol. The number of nitrogens with zero attached hydrogens (tertiary/aromatic N) is 1. The quantitative estimate of drug-likeness (QED) is 0.306. The molecule has 0 spiro atoms. The van der Waals surface area contributed by atoms with Gasteiger partial charge < -0.3 is 26.4 Å². The van der Waals surface area contributed by atoms with Crippen molar-refractivity contribution < 1.29 is 19.2 Å². The zero-order valence-electron chi connectivity index (χ0n) is 18.1. The summed E-state index contributed by atoms with van der Waals surface area (Å²) in [6.45, 7) is 1.65. The molecule has 0 aliphatic heterocycles. The van der Waals surface area contributed by atoms with E-state index >= 15 is 0 Å². The minimum atomic E-state index is -1.28. The van der Waals surface area contributed by atoms with Gasteiger partial charge in [0.15, 0.2) is 0 Å². The molecule has 0 aliphatic carbocycles. The third-order valence-corrected chi connectivity index (χ3v) is 4.72. The molecule has 2 atom stereocenters. The molecule has 176 valence electrons. The van der Waals surface area contributed by atoms with Gasteiger partial charge in [0.2, 0.25) is 5.91 Å². The van der Waals surface area contributed by atoms with Crippen LogP contribution in [0.15, 0.2) is 74.8 Å². The fraction of sp³-hybridized carbons (Fsp3) is 0.273. The van der Waals surface area contributed by atoms with Crippen LogP contribution in [0.1, 0.15) is 18.1 Å². The van der Waals surface area contributed by atoms with Gasteiger partial charge in [0.1, 0.15) is 6.04 Å². The average Bonchev–Trinajstić information content (AvgIpc) is 3.11. The molecule has 3 rings (SSSR count). The highest BCUT2D eigenvalue weighted by molar-refractivity contribution is 5.78. The normalized spacial score (nSPS) is 13.2. The van der Waals surface area contributed by atoms with E-state index in [9.17, 15) is 19.2 Å². The number of carbonyl (C=O) groups excluding carboxylic acids is 1. The second kappa shape index (κ2) is 11.6. The Morgan fingerprint density at radius 2 is 1.70 bits per heavy atom. The molecule has 33 heavy (non-hydrogen) atoms. The Labute approximate surface area is 189 Å². The molecule has 7 N–H and O–H groups in total. The topological polar surface area (TPSA) is 186 Å². The molecule has 0 bridgehead atoms. The Kier molecular flexibility index (Phi) is 8.89. The lowest BCUT2D eigenvalue weighted by molar-refractivity contribution is -0.139. The molecule has 1 aromatic heterocycles. The van der Waals surface area contributed by atoms with Crippen LogP contribution in [0, 0.1) is 0 Å². The molecule has 2 aromatic carbocycles. The molecule has 11 heteroatoms. The maximum Gasteiger partial charge on any atom is 0.440 e.